The average Bonchev–Trinajstić information content (AvgIpc) is 3.08. The van der Waals surface area contributed by atoms with E-state index in [1.54, 1.807) is 30.9 Å². The molecule has 1 amide bonds. The van der Waals surface area contributed by atoms with Gasteiger partial charge in [0.2, 0.25) is 0 Å². The van der Waals surface area contributed by atoms with Crippen LogP contribution in [0.25, 0.3) is 11.3 Å². The summed E-state index contributed by atoms with van der Waals surface area (Å²) in [6, 6.07) is 7.31. The Morgan fingerprint density at radius 3 is 2.83 bits per heavy atom. The second kappa shape index (κ2) is 6.23. The summed E-state index contributed by atoms with van der Waals surface area (Å²) in [6.45, 7) is 1.24. The third-order valence-corrected chi connectivity index (χ3v) is 4.24. The molecule has 1 aliphatic heterocycles. The number of amides is 1. The third kappa shape index (κ3) is 2.67. The molecule has 0 aromatic carbocycles. The molecule has 0 saturated heterocycles. The van der Waals surface area contributed by atoms with Crippen molar-refractivity contribution in [2.45, 2.75) is 12.8 Å². The minimum atomic E-state index is -0.0799. The molecule has 0 unspecified atom stereocenters. The summed E-state index contributed by atoms with van der Waals surface area (Å²) in [4.78, 5) is 27.4. The average molecular weight is 320 g/mol. The summed E-state index contributed by atoms with van der Waals surface area (Å²) < 4.78 is 5.23. The van der Waals surface area contributed by atoms with Gasteiger partial charge in [-0.1, -0.05) is 0 Å². The number of rotatable bonds is 2. The topological polar surface area (TPSA) is 72.1 Å². The van der Waals surface area contributed by atoms with Crippen molar-refractivity contribution in [1.82, 2.24) is 19.9 Å². The van der Waals surface area contributed by atoms with Gasteiger partial charge < -0.3 is 9.32 Å². The fraction of sp³-hybridized carbons (Fsp3) is 0.222. The van der Waals surface area contributed by atoms with E-state index in [0.717, 1.165) is 22.5 Å². The zero-order chi connectivity index (χ0) is 16.4. The minimum Gasteiger partial charge on any atom is -0.459 e. The molecule has 4 rings (SSSR count). The van der Waals surface area contributed by atoms with Gasteiger partial charge in [0, 0.05) is 48.7 Å². The summed E-state index contributed by atoms with van der Waals surface area (Å²) in [6.07, 6.45) is 8.08. The normalized spacial score (nSPS) is 14.1. The Hall–Kier alpha value is -3.02. The van der Waals surface area contributed by atoms with Crippen LogP contribution in [0.1, 0.15) is 21.8 Å². The lowest BCUT2D eigenvalue weighted by Crippen LogP contribution is -2.33. The van der Waals surface area contributed by atoms with Crippen LogP contribution in [0.15, 0.2) is 53.7 Å². The molecule has 3 aromatic rings. The number of hydrogen-bond acceptors (Lipinski definition) is 5. The Kier molecular flexibility index (Phi) is 3.78. The van der Waals surface area contributed by atoms with Crippen molar-refractivity contribution < 1.29 is 9.21 Å². The molecule has 120 valence electrons. The smallest absolute Gasteiger partial charge is 0.289 e. The maximum atomic E-state index is 12.5. The largest absolute Gasteiger partial charge is 0.459 e. The van der Waals surface area contributed by atoms with Crippen LogP contribution in [0.2, 0.25) is 0 Å². The Balaban J connectivity index is 1.63. The SMILES string of the molecule is O=C(c1ccco1)N1CCc2ncnc(-c3cccnc3)c2CC1. The van der Waals surface area contributed by atoms with Crippen molar-refractivity contribution in [3.8, 4) is 11.3 Å². The van der Waals surface area contributed by atoms with Crippen LogP contribution in [0, 0.1) is 0 Å². The predicted molar refractivity (Wildman–Crippen MR) is 87.3 cm³/mol. The predicted octanol–water partition coefficient (Wildman–Crippen LogP) is 2.37. The van der Waals surface area contributed by atoms with Crippen molar-refractivity contribution in [3.05, 3.63) is 66.3 Å². The monoisotopic (exact) mass is 320 g/mol. The molecule has 0 bridgehead atoms. The van der Waals surface area contributed by atoms with E-state index >= 15 is 0 Å². The molecule has 0 N–H and O–H groups in total. The molecule has 6 heteroatoms. The minimum absolute atomic E-state index is 0.0799. The van der Waals surface area contributed by atoms with Crippen molar-refractivity contribution >= 4 is 5.91 Å². The van der Waals surface area contributed by atoms with E-state index in [0.29, 0.717) is 31.7 Å². The van der Waals surface area contributed by atoms with Gasteiger partial charge in [-0.15, -0.1) is 0 Å². The van der Waals surface area contributed by atoms with Gasteiger partial charge in [-0.3, -0.25) is 9.78 Å². The fourth-order valence-corrected chi connectivity index (χ4v) is 3.04. The van der Waals surface area contributed by atoms with Gasteiger partial charge in [-0.25, -0.2) is 9.97 Å². The lowest BCUT2D eigenvalue weighted by molar-refractivity contribution is 0.0731. The van der Waals surface area contributed by atoms with Gasteiger partial charge in [-0.2, -0.15) is 0 Å². The van der Waals surface area contributed by atoms with Gasteiger partial charge in [-0.05, 0) is 30.7 Å². The van der Waals surface area contributed by atoms with E-state index < -0.39 is 0 Å². The first-order valence-electron chi connectivity index (χ1n) is 7.89. The van der Waals surface area contributed by atoms with Gasteiger partial charge in [0.15, 0.2) is 5.76 Å². The van der Waals surface area contributed by atoms with Crippen LogP contribution in [0.3, 0.4) is 0 Å². The van der Waals surface area contributed by atoms with Crippen LogP contribution in [-0.4, -0.2) is 38.8 Å². The number of nitrogens with zero attached hydrogens (tertiary/aromatic N) is 4. The van der Waals surface area contributed by atoms with Crippen LogP contribution >= 0.6 is 0 Å². The summed E-state index contributed by atoms with van der Waals surface area (Å²) in [5, 5.41) is 0. The highest BCUT2D eigenvalue weighted by molar-refractivity contribution is 5.91. The van der Waals surface area contributed by atoms with Crippen molar-refractivity contribution in [2.75, 3.05) is 13.1 Å². The second-order valence-corrected chi connectivity index (χ2v) is 5.66. The Morgan fingerprint density at radius 1 is 1.12 bits per heavy atom. The van der Waals surface area contributed by atoms with Crippen molar-refractivity contribution in [1.29, 1.82) is 0 Å². The molecule has 1 aliphatic rings. The molecule has 0 fully saturated rings. The highest BCUT2D eigenvalue weighted by Gasteiger charge is 2.24. The highest BCUT2D eigenvalue weighted by atomic mass is 16.3. The Morgan fingerprint density at radius 2 is 2.04 bits per heavy atom. The standard InChI is InChI=1S/C18H16N4O2/c23-18(16-4-2-10-24-16)22-8-5-14-15(6-9-22)20-12-21-17(14)13-3-1-7-19-11-13/h1-4,7,10-12H,5-6,8-9H2. The first kappa shape index (κ1) is 14.6. The van der Waals surface area contributed by atoms with E-state index in [1.165, 1.54) is 6.26 Å². The molecule has 4 heterocycles. The number of carbonyl (C=O) groups excluding carboxylic acids is 1. The first-order chi connectivity index (χ1) is 11.8. The van der Waals surface area contributed by atoms with Gasteiger partial charge >= 0.3 is 0 Å². The lowest BCUT2D eigenvalue weighted by Gasteiger charge is -2.18. The molecule has 3 aromatic heterocycles. The molecule has 0 radical (unpaired) electrons. The van der Waals surface area contributed by atoms with E-state index in [4.69, 9.17) is 4.42 Å². The molecule has 0 atom stereocenters. The van der Waals surface area contributed by atoms with Crippen LogP contribution < -0.4 is 0 Å². The molecular formula is C18H16N4O2. The van der Waals surface area contributed by atoms with E-state index in [1.807, 2.05) is 17.0 Å². The van der Waals surface area contributed by atoms with Crippen LogP contribution in [0.5, 0.6) is 0 Å². The lowest BCUT2D eigenvalue weighted by atomic mass is 10.0. The van der Waals surface area contributed by atoms with Gasteiger partial charge in [0.25, 0.3) is 5.91 Å². The number of carbonyl (C=O) groups is 1. The molecule has 0 aliphatic carbocycles. The van der Waals surface area contributed by atoms with Gasteiger partial charge in [0.1, 0.15) is 6.33 Å². The van der Waals surface area contributed by atoms with E-state index in [-0.39, 0.29) is 5.91 Å². The molecule has 0 saturated carbocycles. The zero-order valence-corrected chi connectivity index (χ0v) is 13.1. The van der Waals surface area contributed by atoms with Crippen molar-refractivity contribution in [2.24, 2.45) is 0 Å². The highest BCUT2D eigenvalue weighted by Crippen LogP contribution is 2.25. The molecule has 24 heavy (non-hydrogen) atoms. The number of fused-ring (bicyclic) bond motifs is 1. The quantitative estimate of drug-likeness (QED) is 0.725. The second-order valence-electron chi connectivity index (χ2n) is 5.66. The fourth-order valence-electron chi connectivity index (χ4n) is 3.04. The number of hydrogen-bond donors (Lipinski definition) is 0. The Bertz CT molecular complexity index is 847. The maximum absolute atomic E-state index is 12.5. The van der Waals surface area contributed by atoms with Crippen molar-refractivity contribution in [3.63, 3.8) is 0 Å². The summed E-state index contributed by atoms with van der Waals surface area (Å²) in [5.41, 5.74) is 3.97. The zero-order valence-electron chi connectivity index (χ0n) is 13.1. The van der Waals surface area contributed by atoms with Crippen LogP contribution in [-0.2, 0) is 12.8 Å². The van der Waals surface area contributed by atoms with Gasteiger partial charge in [0.05, 0.1) is 12.0 Å². The molecular weight excluding hydrogens is 304 g/mol. The molecule has 0 spiro atoms. The summed E-state index contributed by atoms with van der Waals surface area (Å²) in [7, 11) is 0. The molecule has 6 nitrogen and oxygen atoms in total. The van der Waals surface area contributed by atoms with Crippen LogP contribution in [0.4, 0.5) is 0 Å². The maximum Gasteiger partial charge on any atom is 0.289 e. The number of furan rings is 1. The summed E-state index contributed by atoms with van der Waals surface area (Å²) >= 11 is 0. The first-order valence-corrected chi connectivity index (χ1v) is 7.89. The third-order valence-electron chi connectivity index (χ3n) is 4.24. The van der Waals surface area contributed by atoms with E-state index in [9.17, 15) is 4.79 Å². The number of aromatic nitrogens is 3. The summed E-state index contributed by atoms with van der Waals surface area (Å²) in [5.74, 6) is 0.295. The number of pyridine rings is 1. The Labute approximate surface area is 139 Å². The van der Waals surface area contributed by atoms with E-state index in [2.05, 4.69) is 15.0 Å².